The molecule has 1 aromatic heterocycles. The zero-order valence-electron chi connectivity index (χ0n) is 12.7. The predicted molar refractivity (Wildman–Crippen MR) is 86.9 cm³/mol. The van der Waals surface area contributed by atoms with Gasteiger partial charge in [-0.2, -0.15) is 0 Å². The highest BCUT2D eigenvalue weighted by molar-refractivity contribution is 5.66. The lowest BCUT2D eigenvalue weighted by atomic mass is 10.1. The van der Waals surface area contributed by atoms with Crippen LogP contribution in [-0.2, 0) is 6.42 Å². The molecule has 110 valence electrons. The smallest absolute Gasteiger partial charge is 0.139 e. The van der Waals surface area contributed by atoms with Gasteiger partial charge >= 0.3 is 0 Å². The standard InChI is InChI=1S/C17H22N4/c1-3-6-12-7-4-5-8-14(12)19-16-11(2)15(18)20-17(21-16)13-9-10-13/h4-5,7-8,13H,3,6,9-10H2,1-2H3,(H3,18,19,20,21). The molecule has 0 atom stereocenters. The van der Waals surface area contributed by atoms with Crippen LogP contribution in [0.25, 0.3) is 0 Å². The van der Waals surface area contributed by atoms with Crippen LogP contribution in [-0.4, -0.2) is 9.97 Å². The number of anilines is 3. The summed E-state index contributed by atoms with van der Waals surface area (Å²) in [6.07, 6.45) is 4.53. The van der Waals surface area contributed by atoms with Crippen molar-refractivity contribution in [2.75, 3.05) is 11.1 Å². The number of benzene rings is 1. The number of aromatic nitrogens is 2. The van der Waals surface area contributed by atoms with Gasteiger partial charge in [0.15, 0.2) is 0 Å². The van der Waals surface area contributed by atoms with Gasteiger partial charge in [0.05, 0.1) is 0 Å². The molecule has 0 radical (unpaired) electrons. The maximum Gasteiger partial charge on any atom is 0.139 e. The summed E-state index contributed by atoms with van der Waals surface area (Å²) in [6, 6.07) is 8.38. The van der Waals surface area contributed by atoms with Gasteiger partial charge in [0.25, 0.3) is 0 Å². The number of aryl methyl sites for hydroxylation is 1. The Morgan fingerprint density at radius 1 is 1.24 bits per heavy atom. The number of rotatable bonds is 5. The van der Waals surface area contributed by atoms with Gasteiger partial charge in [-0.1, -0.05) is 31.5 Å². The summed E-state index contributed by atoms with van der Waals surface area (Å²) in [5.74, 6) is 2.81. The van der Waals surface area contributed by atoms with Gasteiger partial charge in [-0.25, -0.2) is 9.97 Å². The fourth-order valence-electron chi connectivity index (χ4n) is 2.45. The highest BCUT2D eigenvalue weighted by Gasteiger charge is 2.28. The Hall–Kier alpha value is -2.10. The maximum absolute atomic E-state index is 6.05. The highest BCUT2D eigenvalue weighted by atomic mass is 15.1. The van der Waals surface area contributed by atoms with E-state index in [1.807, 2.05) is 13.0 Å². The third-order valence-corrected chi connectivity index (χ3v) is 3.93. The van der Waals surface area contributed by atoms with Crippen LogP contribution in [0.2, 0.25) is 0 Å². The number of nitrogens with two attached hydrogens (primary N) is 1. The molecule has 3 rings (SSSR count). The predicted octanol–water partition coefficient (Wildman–Crippen LogP) is 3.94. The van der Waals surface area contributed by atoms with Crippen LogP contribution in [0.1, 0.15) is 49.1 Å². The first-order valence-electron chi connectivity index (χ1n) is 7.68. The van der Waals surface area contributed by atoms with E-state index in [1.54, 1.807) is 0 Å². The van der Waals surface area contributed by atoms with Crippen molar-refractivity contribution in [2.24, 2.45) is 0 Å². The molecule has 1 saturated carbocycles. The van der Waals surface area contributed by atoms with Gasteiger partial charge in [-0.05, 0) is 37.8 Å². The van der Waals surface area contributed by atoms with Crippen molar-refractivity contribution in [1.29, 1.82) is 0 Å². The van der Waals surface area contributed by atoms with E-state index < -0.39 is 0 Å². The summed E-state index contributed by atoms with van der Waals surface area (Å²) in [7, 11) is 0. The summed E-state index contributed by atoms with van der Waals surface area (Å²) in [6.45, 7) is 4.16. The van der Waals surface area contributed by atoms with Crippen LogP contribution in [0.15, 0.2) is 24.3 Å². The van der Waals surface area contributed by atoms with Gasteiger partial charge in [-0.3, -0.25) is 0 Å². The zero-order valence-corrected chi connectivity index (χ0v) is 12.7. The van der Waals surface area contributed by atoms with Crippen LogP contribution in [0.3, 0.4) is 0 Å². The number of nitrogen functional groups attached to an aromatic ring is 1. The number of hydrogen-bond donors (Lipinski definition) is 2. The Labute approximate surface area is 125 Å². The fourth-order valence-corrected chi connectivity index (χ4v) is 2.45. The molecule has 21 heavy (non-hydrogen) atoms. The average Bonchev–Trinajstić information content (AvgIpc) is 3.30. The van der Waals surface area contributed by atoms with Crippen LogP contribution >= 0.6 is 0 Å². The monoisotopic (exact) mass is 282 g/mol. The third-order valence-electron chi connectivity index (χ3n) is 3.93. The molecule has 4 nitrogen and oxygen atoms in total. The second-order valence-electron chi connectivity index (χ2n) is 5.75. The van der Waals surface area contributed by atoms with Gasteiger partial charge in [0, 0.05) is 17.2 Å². The van der Waals surface area contributed by atoms with Gasteiger partial charge in [-0.15, -0.1) is 0 Å². The molecule has 1 heterocycles. The Bertz CT molecular complexity index is 647. The lowest BCUT2D eigenvalue weighted by Crippen LogP contribution is -2.07. The van der Waals surface area contributed by atoms with Crippen molar-refractivity contribution >= 4 is 17.3 Å². The first-order valence-corrected chi connectivity index (χ1v) is 7.68. The molecule has 0 bridgehead atoms. The third kappa shape index (κ3) is 2.99. The van der Waals surface area contributed by atoms with Gasteiger partial charge in [0.1, 0.15) is 17.5 Å². The van der Waals surface area contributed by atoms with E-state index in [-0.39, 0.29) is 0 Å². The maximum atomic E-state index is 6.05. The summed E-state index contributed by atoms with van der Waals surface area (Å²) < 4.78 is 0. The molecule has 4 heteroatoms. The second kappa shape index (κ2) is 5.72. The number of nitrogens with zero attached hydrogens (tertiary/aromatic N) is 2. The minimum atomic E-state index is 0.499. The minimum absolute atomic E-state index is 0.499. The van der Waals surface area contributed by atoms with Crippen molar-refractivity contribution in [3.63, 3.8) is 0 Å². The van der Waals surface area contributed by atoms with Crippen molar-refractivity contribution < 1.29 is 0 Å². The van der Waals surface area contributed by atoms with E-state index in [0.717, 1.165) is 35.7 Å². The van der Waals surface area contributed by atoms with Crippen molar-refractivity contribution in [3.8, 4) is 0 Å². The SMILES string of the molecule is CCCc1ccccc1Nc1nc(C2CC2)nc(N)c1C. The van der Waals surface area contributed by atoms with E-state index >= 15 is 0 Å². The second-order valence-corrected chi connectivity index (χ2v) is 5.75. The van der Waals surface area contributed by atoms with Crippen LogP contribution in [0.5, 0.6) is 0 Å². The van der Waals surface area contributed by atoms with E-state index in [9.17, 15) is 0 Å². The van der Waals surface area contributed by atoms with Crippen LogP contribution < -0.4 is 11.1 Å². The lowest BCUT2D eigenvalue weighted by Gasteiger charge is -2.14. The highest BCUT2D eigenvalue weighted by Crippen LogP contribution is 2.39. The molecule has 0 amide bonds. The first-order chi connectivity index (χ1) is 10.2. The molecule has 1 aliphatic rings. The summed E-state index contributed by atoms with van der Waals surface area (Å²) >= 11 is 0. The van der Waals surface area contributed by atoms with Crippen LogP contribution in [0, 0.1) is 6.92 Å². The molecule has 0 saturated heterocycles. The van der Waals surface area contributed by atoms with Crippen molar-refractivity contribution in [3.05, 3.63) is 41.2 Å². The molecular weight excluding hydrogens is 260 g/mol. The fraction of sp³-hybridized carbons (Fsp3) is 0.412. The number of nitrogens with one attached hydrogen (secondary N) is 1. The zero-order chi connectivity index (χ0) is 14.8. The molecule has 0 spiro atoms. The normalized spacial score (nSPS) is 14.2. The van der Waals surface area contributed by atoms with Gasteiger partial charge in [0.2, 0.25) is 0 Å². The van der Waals surface area contributed by atoms with E-state index in [2.05, 4.69) is 40.4 Å². The number of para-hydroxylation sites is 1. The van der Waals surface area contributed by atoms with Crippen LogP contribution in [0.4, 0.5) is 17.3 Å². The summed E-state index contributed by atoms with van der Waals surface area (Å²) in [5.41, 5.74) is 9.39. The molecule has 0 aliphatic heterocycles. The lowest BCUT2D eigenvalue weighted by molar-refractivity contribution is 0.916. The summed E-state index contributed by atoms with van der Waals surface area (Å²) in [5, 5.41) is 3.46. The average molecular weight is 282 g/mol. The minimum Gasteiger partial charge on any atom is -0.383 e. The Balaban J connectivity index is 1.94. The van der Waals surface area contributed by atoms with Gasteiger partial charge < -0.3 is 11.1 Å². The van der Waals surface area contributed by atoms with E-state index in [1.165, 1.54) is 18.4 Å². The van der Waals surface area contributed by atoms with E-state index in [4.69, 9.17) is 5.73 Å². The molecule has 0 unspecified atom stereocenters. The molecular formula is C17H22N4. The number of hydrogen-bond acceptors (Lipinski definition) is 4. The van der Waals surface area contributed by atoms with Crippen molar-refractivity contribution in [1.82, 2.24) is 9.97 Å². The molecule has 1 aromatic carbocycles. The van der Waals surface area contributed by atoms with E-state index in [0.29, 0.717) is 11.7 Å². The Morgan fingerprint density at radius 2 is 2.00 bits per heavy atom. The molecule has 1 fully saturated rings. The topological polar surface area (TPSA) is 63.8 Å². The molecule has 2 aromatic rings. The largest absolute Gasteiger partial charge is 0.383 e. The quantitative estimate of drug-likeness (QED) is 0.871. The molecule has 1 aliphatic carbocycles. The molecule has 3 N–H and O–H groups in total. The Morgan fingerprint density at radius 3 is 2.71 bits per heavy atom. The van der Waals surface area contributed by atoms with Crippen molar-refractivity contribution in [2.45, 2.75) is 45.4 Å². The Kier molecular flexibility index (Phi) is 3.78. The summed E-state index contributed by atoms with van der Waals surface area (Å²) in [4.78, 5) is 9.11. The first kappa shape index (κ1) is 13.9.